The first-order valence-corrected chi connectivity index (χ1v) is 8.12. The summed E-state index contributed by atoms with van der Waals surface area (Å²) in [4.78, 5) is 11.5. The maximum atomic E-state index is 11.5. The Morgan fingerprint density at radius 3 is 1.91 bits per heavy atom. The fourth-order valence-electron chi connectivity index (χ4n) is 3.63. The van der Waals surface area contributed by atoms with Gasteiger partial charge in [-0.15, -0.1) is 0 Å². The van der Waals surface area contributed by atoms with Gasteiger partial charge in [0.1, 0.15) is 6.10 Å². The molecule has 2 aromatic carbocycles. The minimum absolute atomic E-state index is 0.000474. The molecule has 0 aliphatic heterocycles. The third-order valence-corrected chi connectivity index (χ3v) is 4.69. The average molecular weight is 310 g/mol. The van der Waals surface area contributed by atoms with Crippen LogP contribution >= 0.6 is 0 Å². The van der Waals surface area contributed by atoms with E-state index in [4.69, 9.17) is 4.74 Å². The second-order valence-corrected chi connectivity index (χ2v) is 6.18. The van der Waals surface area contributed by atoms with Gasteiger partial charge < -0.3 is 9.84 Å². The van der Waals surface area contributed by atoms with Crippen molar-refractivity contribution in [2.75, 3.05) is 0 Å². The predicted molar refractivity (Wildman–Crippen MR) is 89.2 cm³/mol. The normalized spacial score (nSPS) is 27.4. The first-order chi connectivity index (χ1) is 11.2. The summed E-state index contributed by atoms with van der Waals surface area (Å²) in [6, 6.07) is 20.0. The number of carbonyl (C=O) groups is 1. The number of benzene rings is 2. The number of esters is 1. The van der Waals surface area contributed by atoms with Crippen molar-refractivity contribution in [1.82, 2.24) is 0 Å². The minimum atomic E-state index is -0.694. The molecule has 1 aliphatic rings. The van der Waals surface area contributed by atoms with Crippen LogP contribution in [0, 0.1) is 0 Å². The first kappa shape index (κ1) is 15.8. The number of hydrogen-bond donors (Lipinski definition) is 1. The van der Waals surface area contributed by atoms with Gasteiger partial charge >= 0.3 is 5.97 Å². The van der Waals surface area contributed by atoms with Crippen molar-refractivity contribution in [3.63, 3.8) is 0 Å². The molecule has 0 bridgehead atoms. The molecule has 0 saturated heterocycles. The predicted octanol–water partition coefficient (Wildman–Crippen LogP) is 3.64. The quantitative estimate of drug-likeness (QED) is 0.880. The van der Waals surface area contributed by atoms with Crippen LogP contribution in [-0.2, 0) is 9.53 Å². The molecule has 0 radical (unpaired) electrons. The van der Waals surface area contributed by atoms with E-state index in [0.717, 1.165) is 24.0 Å². The number of hydrogen-bond acceptors (Lipinski definition) is 3. The Morgan fingerprint density at radius 2 is 1.39 bits per heavy atom. The molecule has 0 spiro atoms. The highest BCUT2D eigenvalue weighted by Gasteiger charge is 2.41. The maximum absolute atomic E-state index is 11.5. The van der Waals surface area contributed by atoms with Crippen LogP contribution in [0.5, 0.6) is 0 Å². The highest BCUT2D eigenvalue weighted by molar-refractivity contribution is 5.66. The molecule has 0 heterocycles. The first-order valence-electron chi connectivity index (χ1n) is 8.12. The monoisotopic (exact) mass is 310 g/mol. The molecule has 1 fully saturated rings. The van der Waals surface area contributed by atoms with E-state index in [-0.39, 0.29) is 17.8 Å². The molecule has 0 aromatic heterocycles. The summed E-state index contributed by atoms with van der Waals surface area (Å²) >= 11 is 0. The van der Waals surface area contributed by atoms with Crippen LogP contribution in [-0.4, -0.2) is 23.3 Å². The van der Waals surface area contributed by atoms with Crippen LogP contribution in [0.4, 0.5) is 0 Å². The van der Waals surface area contributed by atoms with Gasteiger partial charge in [0.25, 0.3) is 0 Å². The Bertz CT molecular complexity index is 638. The van der Waals surface area contributed by atoms with E-state index >= 15 is 0 Å². The number of aliphatic hydroxyl groups is 1. The molecule has 2 aromatic rings. The summed E-state index contributed by atoms with van der Waals surface area (Å²) in [6.07, 6.45) is 0.565. The van der Waals surface area contributed by atoms with Gasteiger partial charge in [0.05, 0.1) is 6.10 Å². The lowest BCUT2D eigenvalue weighted by Gasteiger charge is -2.40. The summed E-state index contributed by atoms with van der Waals surface area (Å²) in [5.41, 5.74) is 2.22. The van der Waals surface area contributed by atoms with Crippen LogP contribution in [0.25, 0.3) is 0 Å². The van der Waals surface area contributed by atoms with Crippen molar-refractivity contribution in [2.24, 2.45) is 0 Å². The second kappa shape index (κ2) is 6.97. The fraction of sp³-hybridized carbons (Fsp3) is 0.350. The van der Waals surface area contributed by atoms with Crippen molar-refractivity contribution in [1.29, 1.82) is 0 Å². The molecule has 23 heavy (non-hydrogen) atoms. The van der Waals surface area contributed by atoms with Crippen LogP contribution in [0.1, 0.15) is 42.7 Å². The van der Waals surface area contributed by atoms with Crippen molar-refractivity contribution in [3.05, 3.63) is 71.8 Å². The van der Waals surface area contributed by atoms with E-state index in [0.29, 0.717) is 0 Å². The van der Waals surface area contributed by atoms with Gasteiger partial charge in [-0.05, 0) is 24.0 Å². The van der Waals surface area contributed by atoms with Crippen molar-refractivity contribution >= 4 is 5.97 Å². The minimum Gasteiger partial charge on any atom is -0.459 e. The topological polar surface area (TPSA) is 46.5 Å². The Labute approximate surface area is 136 Å². The second-order valence-electron chi connectivity index (χ2n) is 6.18. The summed E-state index contributed by atoms with van der Waals surface area (Å²) in [5.74, 6) is -0.306. The van der Waals surface area contributed by atoms with Gasteiger partial charge in [-0.1, -0.05) is 60.7 Å². The molecular weight excluding hydrogens is 288 g/mol. The lowest BCUT2D eigenvalue weighted by atomic mass is 9.72. The van der Waals surface area contributed by atoms with E-state index in [9.17, 15) is 9.90 Å². The zero-order chi connectivity index (χ0) is 16.2. The number of rotatable bonds is 3. The number of carbonyl (C=O) groups excluding carboxylic acids is 1. The molecule has 3 nitrogen and oxygen atoms in total. The Kier molecular flexibility index (Phi) is 4.77. The molecule has 1 saturated carbocycles. The average Bonchev–Trinajstić information content (AvgIpc) is 2.58. The van der Waals surface area contributed by atoms with Crippen LogP contribution < -0.4 is 0 Å². The highest BCUT2D eigenvalue weighted by Crippen LogP contribution is 2.42. The van der Waals surface area contributed by atoms with Gasteiger partial charge in [-0.2, -0.15) is 0 Å². The standard InChI is InChI=1S/C20H22O3/c1-14(21)23-20-18(16-10-6-3-7-11-16)13-12-17(19(20)22)15-8-4-2-5-9-15/h2-11,17-20,22H,12-13H2,1H3/t17-,18-,19-,20+/m0/s1. The van der Waals surface area contributed by atoms with Crippen molar-refractivity contribution in [2.45, 2.75) is 43.8 Å². The Balaban J connectivity index is 1.89. The Morgan fingerprint density at radius 1 is 0.913 bits per heavy atom. The van der Waals surface area contributed by atoms with Gasteiger partial charge in [0, 0.05) is 18.8 Å². The van der Waals surface area contributed by atoms with Gasteiger partial charge in [0.2, 0.25) is 0 Å². The molecule has 0 unspecified atom stereocenters. The van der Waals surface area contributed by atoms with Crippen LogP contribution in [0.3, 0.4) is 0 Å². The third-order valence-electron chi connectivity index (χ3n) is 4.69. The van der Waals surface area contributed by atoms with E-state index < -0.39 is 12.2 Å². The summed E-state index contributed by atoms with van der Waals surface area (Å²) < 4.78 is 5.53. The van der Waals surface area contributed by atoms with Gasteiger partial charge in [0.15, 0.2) is 0 Å². The number of aliphatic hydroxyl groups excluding tert-OH is 1. The van der Waals surface area contributed by atoms with E-state index in [1.54, 1.807) is 0 Å². The van der Waals surface area contributed by atoms with Crippen LogP contribution in [0.15, 0.2) is 60.7 Å². The third kappa shape index (κ3) is 3.45. The van der Waals surface area contributed by atoms with Crippen molar-refractivity contribution < 1.29 is 14.6 Å². The largest absolute Gasteiger partial charge is 0.459 e. The maximum Gasteiger partial charge on any atom is 0.303 e. The lowest BCUT2D eigenvalue weighted by molar-refractivity contribution is -0.158. The molecule has 4 atom stereocenters. The molecule has 3 rings (SSSR count). The smallest absolute Gasteiger partial charge is 0.303 e. The van der Waals surface area contributed by atoms with E-state index in [1.807, 2.05) is 60.7 Å². The van der Waals surface area contributed by atoms with Crippen molar-refractivity contribution in [3.8, 4) is 0 Å². The molecule has 1 N–H and O–H groups in total. The molecule has 120 valence electrons. The highest BCUT2D eigenvalue weighted by atomic mass is 16.6. The lowest BCUT2D eigenvalue weighted by Crippen LogP contribution is -2.43. The number of ether oxygens (including phenoxy) is 1. The van der Waals surface area contributed by atoms with Gasteiger partial charge in [-0.3, -0.25) is 4.79 Å². The van der Waals surface area contributed by atoms with Crippen LogP contribution in [0.2, 0.25) is 0 Å². The molecular formula is C20H22O3. The summed E-state index contributed by atoms with van der Waals surface area (Å²) in [6.45, 7) is 1.40. The zero-order valence-corrected chi connectivity index (χ0v) is 13.3. The zero-order valence-electron chi connectivity index (χ0n) is 13.3. The molecule has 0 amide bonds. The molecule has 3 heteroatoms. The SMILES string of the molecule is CC(=O)O[C@H]1[C@@H](O)[C@H](c2ccccc2)CC[C@H]1c1ccccc1. The fourth-order valence-corrected chi connectivity index (χ4v) is 3.63. The van der Waals surface area contributed by atoms with E-state index in [1.165, 1.54) is 6.92 Å². The van der Waals surface area contributed by atoms with Gasteiger partial charge in [-0.25, -0.2) is 0 Å². The Hall–Kier alpha value is -2.13. The molecule has 1 aliphatic carbocycles. The summed E-state index contributed by atoms with van der Waals surface area (Å²) in [7, 11) is 0. The van der Waals surface area contributed by atoms with E-state index in [2.05, 4.69) is 0 Å². The summed E-state index contributed by atoms with van der Waals surface area (Å²) in [5, 5.41) is 10.9.